The van der Waals surface area contributed by atoms with E-state index in [0.29, 0.717) is 0 Å². The van der Waals surface area contributed by atoms with Gasteiger partial charge in [0.2, 0.25) is 0 Å². The van der Waals surface area contributed by atoms with E-state index in [4.69, 9.17) is 4.74 Å². The minimum absolute atomic E-state index is 0.794. The molecule has 1 saturated carbocycles. The van der Waals surface area contributed by atoms with Crippen LogP contribution >= 0.6 is 11.8 Å². The van der Waals surface area contributed by atoms with Crippen molar-refractivity contribution in [2.24, 2.45) is 11.8 Å². The molecule has 1 aromatic rings. The Labute approximate surface area is 141 Å². The molecule has 0 bridgehead atoms. The molecule has 1 nitrogen and oxygen atoms in total. The van der Waals surface area contributed by atoms with Crippen LogP contribution in [0.2, 0.25) is 0 Å². The molecule has 2 heteroatoms. The molecule has 1 aliphatic rings. The van der Waals surface area contributed by atoms with Crippen LogP contribution in [0.1, 0.15) is 57.9 Å². The fourth-order valence-corrected chi connectivity index (χ4v) is 4.39. The van der Waals surface area contributed by atoms with Gasteiger partial charge < -0.3 is 4.74 Å². The molecule has 0 spiro atoms. The van der Waals surface area contributed by atoms with Crippen LogP contribution in [0.25, 0.3) is 0 Å². The van der Waals surface area contributed by atoms with Gasteiger partial charge in [-0.05, 0) is 66.2 Å². The van der Waals surface area contributed by atoms with Crippen molar-refractivity contribution in [3.63, 3.8) is 0 Å². The summed E-state index contributed by atoms with van der Waals surface area (Å²) in [4.78, 5) is 0. The third kappa shape index (κ3) is 6.24. The van der Waals surface area contributed by atoms with Crippen LogP contribution in [0.3, 0.4) is 0 Å². The molecule has 0 aromatic heterocycles. The summed E-state index contributed by atoms with van der Waals surface area (Å²) in [5.74, 6) is 4.32. The Hall–Kier alpha value is -0.630. The van der Waals surface area contributed by atoms with Crippen molar-refractivity contribution in [2.75, 3.05) is 12.9 Å². The van der Waals surface area contributed by atoms with Crippen molar-refractivity contribution in [1.29, 1.82) is 0 Å². The Morgan fingerprint density at radius 2 is 1.68 bits per heavy atom. The molecule has 0 unspecified atom stereocenters. The maximum absolute atomic E-state index is 5.21. The summed E-state index contributed by atoms with van der Waals surface area (Å²) in [5.41, 5.74) is 1.45. The van der Waals surface area contributed by atoms with Crippen LogP contribution in [0.15, 0.2) is 24.3 Å². The summed E-state index contributed by atoms with van der Waals surface area (Å²) in [7, 11) is 1.73. The third-order valence-electron chi connectivity index (χ3n) is 4.87. The van der Waals surface area contributed by atoms with Crippen molar-refractivity contribution < 1.29 is 4.74 Å². The first kappa shape index (κ1) is 17.7. The van der Waals surface area contributed by atoms with Crippen LogP contribution in [-0.4, -0.2) is 18.1 Å². The van der Waals surface area contributed by atoms with Crippen molar-refractivity contribution in [3.05, 3.63) is 29.8 Å². The molecule has 2 rings (SSSR count). The minimum Gasteiger partial charge on any atom is -0.497 e. The Kier molecular flexibility index (Phi) is 7.65. The number of benzene rings is 1. The quantitative estimate of drug-likeness (QED) is 0.584. The average Bonchev–Trinajstić information content (AvgIpc) is 2.55. The zero-order valence-electron chi connectivity index (χ0n) is 14.5. The van der Waals surface area contributed by atoms with Crippen molar-refractivity contribution >= 4 is 11.8 Å². The normalized spacial score (nSPS) is 22.0. The topological polar surface area (TPSA) is 9.23 Å². The number of ether oxygens (including phenoxy) is 1. The summed E-state index contributed by atoms with van der Waals surface area (Å²) in [6, 6.07) is 8.57. The molecule has 0 amide bonds. The van der Waals surface area contributed by atoms with Crippen LogP contribution in [0.5, 0.6) is 5.75 Å². The number of thioether (sulfide) groups is 1. The zero-order valence-corrected chi connectivity index (χ0v) is 15.3. The fraction of sp³-hybridized carbons (Fsp3) is 0.700. The minimum atomic E-state index is 0.794. The molecule has 0 aliphatic heterocycles. The van der Waals surface area contributed by atoms with E-state index in [1.807, 2.05) is 0 Å². The van der Waals surface area contributed by atoms with E-state index in [1.165, 1.54) is 56.3 Å². The lowest BCUT2D eigenvalue weighted by molar-refractivity contribution is 0.276. The van der Waals surface area contributed by atoms with E-state index in [1.54, 1.807) is 7.11 Å². The molecule has 0 radical (unpaired) electrons. The SMILES string of the molecule is COc1ccc(CCCC2CCC(CSC(C)C)CC2)cc1. The van der Waals surface area contributed by atoms with Crippen LogP contribution in [-0.2, 0) is 6.42 Å². The molecule has 0 saturated heterocycles. The smallest absolute Gasteiger partial charge is 0.118 e. The highest BCUT2D eigenvalue weighted by Gasteiger charge is 2.21. The molecular formula is C20H32OS. The first-order chi connectivity index (χ1) is 10.7. The van der Waals surface area contributed by atoms with Gasteiger partial charge in [-0.25, -0.2) is 0 Å². The zero-order chi connectivity index (χ0) is 15.8. The lowest BCUT2D eigenvalue weighted by atomic mass is 9.80. The second kappa shape index (κ2) is 9.50. The van der Waals surface area contributed by atoms with E-state index in [9.17, 15) is 0 Å². The fourth-order valence-electron chi connectivity index (χ4n) is 3.40. The van der Waals surface area contributed by atoms with E-state index in [0.717, 1.165) is 22.8 Å². The van der Waals surface area contributed by atoms with Gasteiger partial charge in [-0.2, -0.15) is 11.8 Å². The molecule has 0 N–H and O–H groups in total. The number of rotatable bonds is 8. The molecule has 1 fully saturated rings. The van der Waals surface area contributed by atoms with Crippen molar-refractivity contribution in [2.45, 2.75) is 64.0 Å². The van der Waals surface area contributed by atoms with Gasteiger partial charge in [0.1, 0.15) is 5.75 Å². The van der Waals surface area contributed by atoms with Gasteiger partial charge in [0.05, 0.1) is 7.11 Å². The molecule has 1 aromatic carbocycles. The molecule has 0 heterocycles. The van der Waals surface area contributed by atoms with E-state index >= 15 is 0 Å². The van der Waals surface area contributed by atoms with Gasteiger partial charge in [0.15, 0.2) is 0 Å². The highest BCUT2D eigenvalue weighted by Crippen LogP contribution is 2.34. The standard InChI is InChI=1S/C20H32OS/c1-16(2)22-15-19-9-7-17(8-10-19)5-4-6-18-11-13-20(21-3)14-12-18/h11-14,16-17,19H,4-10,15H2,1-3H3. The van der Waals surface area contributed by atoms with E-state index < -0.39 is 0 Å². The lowest BCUT2D eigenvalue weighted by Crippen LogP contribution is -2.17. The highest BCUT2D eigenvalue weighted by atomic mass is 32.2. The second-order valence-corrected chi connectivity index (χ2v) is 8.62. The average molecular weight is 321 g/mol. The predicted octanol–water partition coefficient (Wildman–Crippen LogP) is 5.97. The number of aryl methyl sites for hydroxylation is 1. The van der Waals surface area contributed by atoms with Gasteiger partial charge in [0, 0.05) is 0 Å². The molecule has 22 heavy (non-hydrogen) atoms. The summed E-state index contributed by atoms with van der Waals surface area (Å²) in [5, 5.41) is 0.794. The summed E-state index contributed by atoms with van der Waals surface area (Å²) < 4.78 is 5.21. The number of hydrogen-bond acceptors (Lipinski definition) is 2. The number of hydrogen-bond donors (Lipinski definition) is 0. The molecule has 124 valence electrons. The Morgan fingerprint density at radius 1 is 1.05 bits per heavy atom. The highest BCUT2D eigenvalue weighted by molar-refractivity contribution is 7.99. The molecule has 1 aliphatic carbocycles. The maximum Gasteiger partial charge on any atom is 0.118 e. The first-order valence-corrected chi connectivity index (χ1v) is 9.96. The van der Waals surface area contributed by atoms with Gasteiger partial charge in [-0.15, -0.1) is 0 Å². The van der Waals surface area contributed by atoms with Gasteiger partial charge >= 0.3 is 0 Å². The van der Waals surface area contributed by atoms with Crippen molar-refractivity contribution in [3.8, 4) is 5.75 Å². The number of methoxy groups -OCH3 is 1. The van der Waals surface area contributed by atoms with Crippen molar-refractivity contribution in [1.82, 2.24) is 0 Å². The largest absolute Gasteiger partial charge is 0.497 e. The monoisotopic (exact) mass is 320 g/mol. The molecular weight excluding hydrogens is 288 g/mol. The summed E-state index contributed by atoms with van der Waals surface area (Å²) in [6.07, 6.45) is 9.82. The maximum atomic E-state index is 5.21. The van der Waals surface area contributed by atoms with Gasteiger partial charge in [-0.3, -0.25) is 0 Å². The third-order valence-corrected chi connectivity index (χ3v) is 6.20. The summed E-state index contributed by atoms with van der Waals surface area (Å²) >= 11 is 2.15. The van der Waals surface area contributed by atoms with Crippen LogP contribution < -0.4 is 4.74 Å². The Morgan fingerprint density at radius 3 is 2.27 bits per heavy atom. The lowest BCUT2D eigenvalue weighted by Gasteiger charge is -2.28. The van der Waals surface area contributed by atoms with Gasteiger partial charge in [-0.1, -0.05) is 45.2 Å². The summed E-state index contributed by atoms with van der Waals surface area (Å²) in [6.45, 7) is 4.63. The van der Waals surface area contributed by atoms with Gasteiger partial charge in [0.25, 0.3) is 0 Å². The predicted molar refractivity (Wildman–Crippen MR) is 99.0 cm³/mol. The van der Waals surface area contributed by atoms with E-state index in [2.05, 4.69) is 49.9 Å². The second-order valence-electron chi connectivity index (χ2n) is 7.01. The van der Waals surface area contributed by atoms with Crippen LogP contribution in [0, 0.1) is 11.8 Å². The van der Waals surface area contributed by atoms with Crippen LogP contribution in [0.4, 0.5) is 0 Å². The first-order valence-electron chi connectivity index (χ1n) is 8.92. The van der Waals surface area contributed by atoms with E-state index in [-0.39, 0.29) is 0 Å². The molecule has 0 atom stereocenters. The Balaban J connectivity index is 1.60. The Bertz CT molecular complexity index is 404.